The van der Waals surface area contributed by atoms with E-state index < -0.39 is 6.10 Å². The van der Waals surface area contributed by atoms with E-state index >= 15 is 0 Å². The van der Waals surface area contributed by atoms with Gasteiger partial charge in [-0.05, 0) is 12.8 Å². The first kappa shape index (κ1) is 15.4. The first-order chi connectivity index (χ1) is 7.72. The molecule has 1 atom stereocenters. The van der Waals surface area contributed by atoms with Gasteiger partial charge in [-0.1, -0.05) is 52.4 Å². The summed E-state index contributed by atoms with van der Waals surface area (Å²) in [5.41, 5.74) is 0. The molecule has 0 saturated heterocycles. The third-order valence-electron chi connectivity index (χ3n) is 2.71. The second-order valence-corrected chi connectivity index (χ2v) is 4.36. The van der Waals surface area contributed by atoms with E-state index in [-0.39, 0.29) is 5.91 Å². The van der Waals surface area contributed by atoms with Crippen LogP contribution in [0.15, 0.2) is 0 Å². The molecule has 0 saturated carbocycles. The predicted molar refractivity (Wildman–Crippen MR) is 67.3 cm³/mol. The second kappa shape index (κ2) is 10.9. The van der Waals surface area contributed by atoms with Crippen molar-refractivity contribution >= 4 is 5.91 Å². The van der Waals surface area contributed by atoms with E-state index in [1.165, 1.54) is 12.8 Å². The summed E-state index contributed by atoms with van der Waals surface area (Å²) >= 11 is 0. The van der Waals surface area contributed by atoms with Gasteiger partial charge >= 0.3 is 0 Å². The Bertz CT molecular complexity index is 171. The molecular weight excluding hydrogens is 202 g/mol. The maximum Gasteiger partial charge on any atom is 0.248 e. The fourth-order valence-electron chi connectivity index (χ4n) is 1.60. The molecule has 16 heavy (non-hydrogen) atoms. The van der Waals surface area contributed by atoms with Gasteiger partial charge in [0, 0.05) is 6.54 Å². The molecule has 3 nitrogen and oxygen atoms in total. The molecule has 0 aliphatic rings. The van der Waals surface area contributed by atoms with Crippen LogP contribution in [0, 0.1) is 0 Å². The molecule has 0 aliphatic heterocycles. The van der Waals surface area contributed by atoms with Gasteiger partial charge < -0.3 is 10.4 Å². The highest BCUT2D eigenvalue weighted by molar-refractivity contribution is 5.80. The monoisotopic (exact) mass is 229 g/mol. The van der Waals surface area contributed by atoms with Crippen molar-refractivity contribution in [2.45, 2.75) is 71.3 Å². The summed E-state index contributed by atoms with van der Waals surface area (Å²) in [7, 11) is 0. The maximum atomic E-state index is 11.4. The van der Waals surface area contributed by atoms with Gasteiger partial charge in [-0.2, -0.15) is 0 Å². The minimum atomic E-state index is -0.808. The Kier molecular flexibility index (Phi) is 10.5. The first-order valence-corrected chi connectivity index (χ1v) is 6.68. The molecule has 0 fully saturated rings. The van der Waals surface area contributed by atoms with Crippen molar-refractivity contribution in [2.75, 3.05) is 6.54 Å². The molecule has 3 heteroatoms. The number of carbonyl (C=O) groups is 1. The predicted octanol–water partition coefficient (Wildman–Crippen LogP) is 2.62. The van der Waals surface area contributed by atoms with E-state index in [1.807, 2.05) is 0 Å². The molecule has 2 N–H and O–H groups in total. The molecule has 0 aromatic carbocycles. The summed E-state index contributed by atoms with van der Waals surface area (Å²) in [5, 5.41) is 12.3. The van der Waals surface area contributed by atoms with Crippen molar-refractivity contribution < 1.29 is 9.90 Å². The third-order valence-corrected chi connectivity index (χ3v) is 2.71. The quantitative estimate of drug-likeness (QED) is 0.566. The molecule has 0 radical (unpaired) electrons. The molecule has 96 valence electrons. The highest BCUT2D eigenvalue weighted by atomic mass is 16.3. The lowest BCUT2D eigenvalue weighted by molar-refractivity contribution is -0.129. The van der Waals surface area contributed by atoms with Crippen LogP contribution in [0.1, 0.15) is 65.2 Å². The Labute approximate surface area is 99.6 Å². The van der Waals surface area contributed by atoms with E-state index in [2.05, 4.69) is 19.2 Å². The van der Waals surface area contributed by atoms with Crippen molar-refractivity contribution in [3.05, 3.63) is 0 Å². The number of aliphatic hydroxyl groups excluding tert-OH is 1. The van der Waals surface area contributed by atoms with Crippen molar-refractivity contribution in [3.8, 4) is 0 Å². The Hall–Kier alpha value is -0.570. The van der Waals surface area contributed by atoms with Gasteiger partial charge in [0.15, 0.2) is 0 Å². The van der Waals surface area contributed by atoms with Crippen LogP contribution < -0.4 is 5.32 Å². The van der Waals surface area contributed by atoms with E-state index in [4.69, 9.17) is 0 Å². The van der Waals surface area contributed by atoms with E-state index in [1.54, 1.807) is 0 Å². The Balaban J connectivity index is 3.40. The molecule has 0 aromatic heterocycles. The summed E-state index contributed by atoms with van der Waals surface area (Å²) in [6, 6.07) is 0. The fraction of sp³-hybridized carbons (Fsp3) is 0.923. The van der Waals surface area contributed by atoms with E-state index in [9.17, 15) is 9.90 Å². The first-order valence-electron chi connectivity index (χ1n) is 6.68. The number of hydrogen-bond donors (Lipinski definition) is 2. The van der Waals surface area contributed by atoms with Crippen LogP contribution in [0.2, 0.25) is 0 Å². The van der Waals surface area contributed by atoms with Gasteiger partial charge in [-0.25, -0.2) is 0 Å². The van der Waals surface area contributed by atoms with Crippen LogP contribution in [-0.4, -0.2) is 23.7 Å². The zero-order valence-electron chi connectivity index (χ0n) is 10.8. The lowest BCUT2D eigenvalue weighted by Crippen LogP contribution is -2.35. The standard InChI is InChI=1S/C13H27NO2/c1-3-5-7-9-11-14-13(16)12(15)10-8-6-4-2/h12,15H,3-11H2,1-2H3,(H,14,16). The van der Waals surface area contributed by atoms with Gasteiger partial charge in [0.2, 0.25) is 5.91 Å². The van der Waals surface area contributed by atoms with Crippen molar-refractivity contribution in [2.24, 2.45) is 0 Å². The van der Waals surface area contributed by atoms with Crippen LogP contribution in [0.5, 0.6) is 0 Å². The van der Waals surface area contributed by atoms with Crippen LogP contribution in [0.4, 0.5) is 0 Å². The van der Waals surface area contributed by atoms with Crippen LogP contribution in [-0.2, 0) is 4.79 Å². The maximum absolute atomic E-state index is 11.4. The smallest absolute Gasteiger partial charge is 0.248 e. The fourth-order valence-corrected chi connectivity index (χ4v) is 1.60. The number of amides is 1. The van der Waals surface area contributed by atoms with Gasteiger partial charge in [0.25, 0.3) is 0 Å². The molecule has 0 bridgehead atoms. The Morgan fingerprint density at radius 3 is 2.31 bits per heavy atom. The number of aliphatic hydroxyl groups is 1. The van der Waals surface area contributed by atoms with Gasteiger partial charge in [0.05, 0.1) is 0 Å². The molecule has 0 heterocycles. The number of nitrogens with one attached hydrogen (secondary N) is 1. The molecule has 1 unspecified atom stereocenters. The molecule has 0 aliphatic carbocycles. The molecule has 0 rings (SSSR count). The molecule has 0 spiro atoms. The summed E-state index contributed by atoms with van der Waals surface area (Å²) in [6.45, 7) is 4.97. The molecule has 0 aromatic rings. The van der Waals surface area contributed by atoms with Crippen LogP contribution in [0.25, 0.3) is 0 Å². The number of unbranched alkanes of at least 4 members (excludes halogenated alkanes) is 5. The normalized spacial score (nSPS) is 12.4. The Morgan fingerprint density at radius 1 is 1.06 bits per heavy atom. The van der Waals surface area contributed by atoms with Crippen molar-refractivity contribution in [3.63, 3.8) is 0 Å². The SMILES string of the molecule is CCCCCCNC(=O)C(O)CCCCC. The van der Waals surface area contributed by atoms with Crippen molar-refractivity contribution in [1.29, 1.82) is 0 Å². The van der Waals surface area contributed by atoms with Gasteiger partial charge in [0.1, 0.15) is 6.10 Å². The number of carbonyl (C=O) groups excluding carboxylic acids is 1. The van der Waals surface area contributed by atoms with Crippen LogP contribution in [0.3, 0.4) is 0 Å². The molecular formula is C13H27NO2. The van der Waals surface area contributed by atoms with Crippen molar-refractivity contribution in [1.82, 2.24) is 5.32 Å². The van der Waals surface area contributed by atoms with Gasteiger partial charge in [-0.3, -0.25) is 4.79 Å². The van der Waals surface area contributed by atoms with E-state index in [0.29, 0.717) is 13.0 Å². The van der Waals surface area contributed by atoms with E-state index in [0.717, 1.165) is 32.1 Å². The largest absolute Gasteiger partial charge is 0.383 e. The zero-order chi connectivity index (χ0) is 12.2. The summed E-state index contributed by atoms with van der Waals surface area (Å²) < 4.78 is 0. The third kappa shape index (κ3) is 8.72. The lowest BCUT2D eigenvalue weighted by Gasteiger charge is -2.10. The average Bonchev–Trinajstić information content (AvgIpc) is 2.28. The Morgan fingerprint density at radius 2 is 1.69 bits per heavy atom. The highest BCUT2D eigenvalue weighted by Gasteiger charge is 2.12. The molecule has 1 amide bonds. The lowest BCUT2D eigenvalue weighted by atomic mass is 10.1. The number of hydrogen-bond acceptors (Lipinski definition) is 2. The van der Waals surface area contributed by atoms with Gasteiger partial charge in [-0.15, -0.1) is 0 Å². The summed E-state index contributed by atoms with van der Waals surface area (Å²) in [6.07, 6.45) is 7.51. The topological polar surface area (TPSA) is 49.3 Å². The summed E-state index contributed by atoms with van der Waals surface area (Å²) in [4.78, 5) is 11.4. The number of rotatable bonds is 10. The average molecular weight is 229 g/mol. The van der Waals surface area contributed by atoms with Crippen LogP contribution >= 0.6 is 0 Å². The summed E-state index contributed by atoms with van der Waals surface area (Å²) in [5.74, 6) is -0.201. The minimum Gasteiger partial charge on any atom is -0.383 e. The minimum absolute atomic E-state index is 0.201. The highest BCUT2D eigenvalue weighted by Crippen LogP contribution is 2.03. The zero-order valence-corrected chi connectivity index (χ0v) is 10.8. The second-order valence-electron chi connectivity index (χ2n) is 4.36.